The maximum Gasteiger partial charge on any atom is 0.596 e. The number of nitrogens with one attached hydrogen (secondary N) is 1. The summed E-state index contributed by atoms with van der Waals surface area (Å²) < 4.78 is 0.627. The fraction of sp³-hybridized carbons (Fsp3) is 0. The van der Waals surface area contributed by atoms with Gasteiger partial charge < -0.3 is 15.0 Å². The Morgan fingerprint density at radius 1 is 1.64 bits per heavy atom. The van der Waals surface area contributed by atoms with E-state index in [9.17, 15) is 4.79 Å². The quantitative estimate of drug-likeness (QED) is 0.364. The second-order valence-corrected chi connectivity index (χ2v) is 2.22. The van der Waals surface area contributed by atoms with Crippen molar-refractivity contribution in [3.8, 4) is 0 Å². The zero-order chi connectivity index (χ0) is 8.43. The Balaban J connectivity index is 3.45. The molecule has 0 spiro atoms. The maximum atomic E-state index is 10.8. The molecule has 0 saturated carbocycles. The number of H-pyrrole nitrogens is 1. The second-order valence-electron chi connectivity index (χ2n) is 1.84. The van der Waals surface area contributed by atoms with Crippen LogP contribution in [0.2, 0.25) is 0 Å². The lowest BCUT2D eigenvalue weighted by atomic mass is 10.1. The molecular weight excluding hydrogens is 167 g/mol. The summed E-state index contributed by atoms with van der Waals surface area (Å²) in [5, 5.41) is 17.2. The Morgan fingerprint density at radius 3 is 2.64 bits per heavy atom. The third kappa shape index (κ3) is 1.56. The zero-order valence-electron chi connectivity index (χ0n) is 5.39. The fourth-order valence-electron chi connectivity index (χ4n) is 0.653. The van der Waals surface area contributed by atoms with Crippen molar-refractivity contribution < 1.29 is 10.0 Å². The molecule has 0 aromatic carbocycles. The van der Waals surface area contributed by atoms with Gasteiger partial charge in [0, 0.05) is 12.3 Å². The van der Waals surface area contributed by atoms with Gasteiger partial charge in [0.2, 0.25) is 5.56 Å². The van der Waals surface area contributed by atoms with Crippen LogP contribution in [-0.4, -0.2) is 26.8 Å². The topological polar surface area (TPSA) is 78.2 Å². The third-order valence-corrected chi connectivity index (χ3v) is 1.43. The molecule has 0 radical (unpaired) electrons. The van der Waals surface area contributed by atoms with Crippen LogP contribution >= 0.6 is 12.2 Å². The molecule has 1 rings (SSSR count). The predicted octanol–water partition coefficient (Wildman–Crippen LogP) is -1.28. The van der Waals surface area contributed by atoms with Crippen LogP contribution < -0.4 is 5.56 Å². The van der Waals surface area contributed by atoms with Gasteiger partial charge >= 0.3 is 7.25 Å². The van der Waals surface area contributed by atoms with Gasteiger partial charge in [-0.15, -0.1) is 0 Å². The Bertz CT molecular complexity index is 329. The molecule has 0 unspecified atom stereocenters. The zero-order valence-corrected chi connectivity index (χ0v) is 6.21. The second kappa shape index (κ2) is 2.99. The van der Waals surface area contributed by atoms with Gasteiger partial charge in [-0.25, -0.2) is 0 Å². The Kier molecular flexibility index (Phi) is 2.23. The van der Waals surface area contributed by atoms with Gasteiger partial charge in [0.25, 0.3) is 0 Å². The number of hydrogen-bond donors (Lipinski definition) is 3. The van der Waals surface area contributed by atoms with Crippen LogP contribution in [0.3, 0.4) is 0 Å². The molecule has 1 aromatic heterocycles. The minimum atomic E-state index is -1.88. The van der Waals surface area contributed by atoms with Crippen LogP contribution in [0.25, 0.3) is 0 Å². The van der Waals surface area contributed by atoms with Crippen molar-refractivity contribution in [1.82, 2.24) is 9.46 Å². The highest BCUT2D eigenvalue weighted by Gasteiger charge is 2.13. The molecule has 58 valence electrons. The molecule has 0 atom stereocenters. The maximum absolute atomic E-state index is 10.8. The molecule has 1 heterocycles. The molecule has 1 aromatic rings. The molecule has 0 aliphatic heterocycles. The normalized spacial score (nSPS) is 9.64. The minimum Gasteiger partial charge on any atom is -0.407 e. The summed E-state index contributed by atoms with van der Waals surface area (Å²) >= 11 is 4.60. The van der Waals surface area contributed by atoms with Crippen molar-refractivity contribution in [2.45, 2.75) is 0 Å². The molecule has 0 aliphatic rings. The van der Waals surface area contributed by atoms with Gasteiger partial charge in [-0.3, -0.25) is 9.27 Å². The highest BCUT2D eigenvalue weighted by molar-refractivity contribution is 7.71. The van der Waals surface area contributed by atoms with Gasteiger partial charge in [0.05, 0.1) is 0 Å². The van der Waals surface area contributed by atoms with E-state index in [1.54, 1.807) is 0 Å². The lowest BCUT2D eigenvalue weighted by Crippen LogP contribution is -2.35. The summed E-state index contributed by atoms with van der Waals surface area (Å²) in [4.78, 5) is 13.3. The molecule has 7 heteroatoms. The predicted molar refractivity (Wildman–Crippen MR) is 41.5 cm³/mol. The van der Waals surface area contributed by atoms with Crippen LogP contribution in [0.1, 0.15) is 0 Å². The van der Waals surface area contributed by atoms with E-state index < -0.39 is 12.8 Å². The number of aromatic amines is 1. The highest BCUT2D eigenvalue weighted by atomic mass is 32.1. The first-order valence-electron chi connectivity index (χ1n) is 2.79. The van der Waals surface area contributed by atoms with Crippen LogP contribution in [0.15, 0.2) is 17.1 Å². The van der Waals surface area contributed by atoms with Gasteiger partial charge in [0.1, 0.15) is 0 Å². The molecule has 3 N–H and O–H groups in total. The molecule has 0 fully saturated rings. The van der Waals surface area contributed by atoms with E-state index in [1.807, 2.05) is 0 Å². The van der Waals surface area contributed by atoms with Crippen LogP contribution in [-0.2, 0) is 0 Å². The highest BCUT2D eigenvalue weighted by Crippen LogP contribution is 1.80. The van der Waals surface area contributed by atoms with Crippen LogP contribution in [0.4, 0.5) is 0 Å². The molecule has 0 amide bonds. The van der Waals surface area contributed by atoms with Crippen molar-refractivity contribution in [3.05, 3.63) is 27.4 Å². The Morgan fingerprint density at radius 2 is 2.27 bits per heavy atom. The standard InChI is InChI=1S/C4H5BN2O3S/c8-3-1-2-6-4(11)7(3)5(9)10/h1-2,9-10H,(H,6,11). The SMILES string of the molecule is O=c1cc[nH]c(=S)n1B(O)O. The summed E-state index contributed by atoms with van der Waals surface area (Å²) in [7, 11) is -1.88. The molecule has 0 bridgehead atoms. The summed E-state index contributed by atoms with van der Waals surface area (Å²) in [6, 6.07) is 1.15. The lowest BCUT2D eigenvalue weighted by Gasteiger charge is -2.00. The van der Waals surface area contributed by atoms with Crippen molar-refractivity contribution in [1.29, 1.82) is 0 Å². The molecule has 0 aliphatic carbocycles. The monoisotopic (exact) mass is 172 g/mol. The fourth-order valence-corrected chi connectivity index (χ4v) is 0.905. The summed E-state index contributed by atoms with van der Waals surface area (Å²) in [5.74, 6) is 0. The molecule has 0 saturated heterocycles. The van der Waals surface area contributed by atoms with Gasteiger partial charge in [0.15, 0.2) is 4.77 Å². The average molecular weight is 172 g/mol. The summed E-state index contributed by atoms with van der Waals surface area (Å²) in [6.45, 7) is 0. The van der Waals surface area contributed by atoms with E-state index in [1.165, 1.54) is 6.20 Å². The lowest BCUT2D eigenvalue weighted by molar-refractivity contribution is 0.387. The van der Waals surface area contributed by atoms with Gasteiger partial charge in [-0.1, -0.05) is 0 Å². The van der Waals surface area contributed by atoms with E-state index in [0.717, 1.165) is 6.07 Å². The van der Waals surface area contributed by atoms with Crippen LogP contribution in [0, 0.1) is 4.77 Å². The molecular formula is C4H5BN2O3S. The van der Waals surface area contributed by atoms with Crippen molar-refractivity contribution in [2.24, 2.45) is 0 Å². The largest absolute Gasteiger partial charge is 0.596 e. The van der Waals surface area contributed by atoms with E-state index >= 15 is 0 Å². The first kappa shape index (κ1) is 8.18. The van der Waals surface area contributed by atoms with Crippen LogP contribution in [0.5, 0.6) is 0 Å². The number of nitrogens with zero attached hydrogens (tertiary/aromatic N) is 1. The van der Waals surface area contributed by atoms with E-state index in [4.69, 9.17) is 10.0 Å². The Hall–Kier alpha value is -0.915. The van der Waals surface area contributed by atoms with Crippen molar-refractivity contribution in [2.75, 3.05) is 0 Å². The average Bonchev–Trinajstić information content (AvgIpc) is 1.85. The molecule has 11 heavy (non-hydrogen) atoms. The first-order chi connectivity index (χ1) is 5.13. The van der Waals surface area contributed by atoms with Crippen molar-refractivity contribution >= 4 is 19.5 Å². The first-order valence-corrected chi connectivity index (χ1v) is 3.20. The van der Waals surface area contributed by atoms with E-state index in [0.29, 0.717) is 4.48 Å². The summed E-state index contributed by atoms with van der Waals surface area (Å²) in [6.07, 6.45) is 1.34. The smallest absolute Gasteiger partial charge is 0.407 e. The summed E-state index contributed by atoms with van der Waals surface area (Å²) in [5.41, 5.74) is -0.552. The third-order valence-electron chi connectivity index (χ3n) is 1.12. The number of rotatable bonds is 1. The van der Waals surface area contributed by atoms with Gasteiger partial charge in [-0.2, -0.15) is 0 Å². The van der Waals surface area contributed by atoms with Gasteiger partial charge in [-0.05, 0) is 12.2 Å². The minimum absolute atomic E-state index is 0.0208. The van der Waals surface area contributed by atoms with E-state index in [2.05, 4.69) is 17.2 Å². The van der Waals surface area contributed by atoms with E-state index in [-0.39, 0.29) is 4.77 Å². The molecule has 5 nitrogen and oxygen atoms in total. The van der Waals surface area contributed by atoms with Crippen molar-refractivity contribution in [3.63, 3.8) is 0 Å². The number of hydrogen-bond acceptors (Lipinski definition) is 4. The Labute approximate surface area is 67.1 Å². The number of aromatic nitrogens is 2.